The molecular weight excluding hydrogens is 261 g/mol. The van der Waals surface area contributed by atoms with Crippen LogP contribution in [0.15, 0.2) is 36.4 Å². The third-order valence-electron chi connectivity index (χ3n) is 4.92. The zero-order valence-electron chi connectivity index (χ0n) is 12.7. The Morgan fingerprint density at radius 1 is 0.952 bits per heavy atom. The first kappa shape index (κ1) is 14.5. The summed E-state index contributed by atoms with van der Waals surface area (Å²) < 4.78 is 14.0. The minimum Gasteiger partial charge on any atom is -0.313 e. The Kier molecular flexibility index (Phi) is 4.54. The first-order valence-corrected chi connectivity index (χ1v) is 8.15. The van der Waals surface area contributed by atoms with Gasteiger partial charge < -0.3 is 5.32 Å². The van der Waals surface area contributed by atoms with Gasteiger partial charge in [-0.3, -0.25) is 0 Å². The largest absolute Gasteiger partial charge is 0.313 e. The van der Waals surface area contributed by atoms with Gasteiger partial charge in [-0.1, -0.05) is 56.0 Å². The van der Waals surface area contributed by atoms with Crippen molar-refractivity contribution in [1.29, 1.82) is 0 Å². The van der Waals surface area contributed by atoms with Crippen molar-refractivity contribution in [3.8, 4) is 0 Å². The Bertz CT molecular complexity index is 600. The first-order valence-electron chi connectivity index (χ1n) is 8.15. The molecular formula is C19H24FN. The highest BCUT2D eigenvalue weighted by atomic mass is 19.1. The average molecular weight is 285 g/mol. The van der Waals surface area contributed by atoms with Gasteiger partial charge in [0, 0.05) is 11.4 Å². The second-order valence-corrected chi connectivity index (χ2v) is 6.20. The molecule has 0 heterocycles. The van der Waals surface area contributed by atoms with E-state index in [1.807, 2.05) is 31.3 Å². The summed E-state index contributed by atoms with van der Waals surface area (Å²) in [5, 5.41) is 5.30. The van der Waals surface area contributed by atoms with E-state index in [-0.39, 0.29) is 5.82 Å². The quantitative estimate of drug-likeness (QED) is 0.763. The molecule has 2 heteroatoms. The number of nitrogens with one attached hydrogen (secondary N) is 1. The van der Waals surface area contributed by atoms with Gasteiger partial charge in [-0.25, -0.2) is 4.39 Å². The molecule has 1 saturated carbocycles. The molecule has 0 amide bonds. The molecule has 21 heavy (non-hydrogen) atoms. The number of hydrogen-bond donors (Lipinski definition) is 1. The van der Waals surface area contributed by atoms with E-state index in [9.17, 15) is 4.39 Å². The molecule has 112 valence electrons. The summed E-state index contributed by atoms with van der Waals surface area (Å²) in [5.74, 6) is 0.538. The van der Waals surface area contributed by atoms with E-state index >= 15 is 0 Å². The molecule has 1 nitrogen and oxygen atoms in total. The van der Waals surface area contributed by atoms with Crippen LogP contribution in [-0.2, 0) is 0 Å². The predicted molar refractivity (Wildman–Crippen MR) is 86.9 cm³/mol. The maximum Gasteiger partial charge on any atom is 0.131 e. The number of fused-ring (bicyclic) bond motifs is 1. The van der Waals surface area contributed by atoms with Gasteiger partial charge in [0.25, 0.3) is 0 Å². The molecule has 1 N–H and O–H groups in total. The number of rotatable bonds is 3. The smallest absolute Gasteiger partial charge is 0.131 e. The summed E-state index contributed by atoms with van der Waals surface area (Å²) in [5.41, 5.74) is 1.25. The van der Waals surface area contributed by atoms with E-state index in [1.54, 1.807) is 6.07 Å². The Morgan fingerprint density at radius 3 is 2.29 bits per heavy atom. The highest BCUT2D eigenvalue weighted by Gasteiger charge is 2.24. The van der Waals surface area contributed by atoms with Crippen molar-refractivity contribution in [2.45, 2.75) is 44.6 Å². The van der Waals surface area contributed by atoms with E-state index < -0.39 is 0 Å². The van der Waals surface area contributed by atoms with Crippen molar-refractivity contribution < 1.29 is 4.39 Å². The molecule has 0 spiro atoms. The van der Waals surface area contributed by atoms with Crippen LogP contribution >= 0.6 is 0 Å². The molecule has 2 aromatic rings. The van der Waals surface area contributed by atoms with Gasteiger partial charge >= 0.3 is 0 Å². The summed E-state index contributed by atoms with van der Waals surface area (Å²) >= 11 is 0. The zero-order valence-corrected chi connectivity index (χ0v) is 12.7. The van der Waals surface area contributed by atoms with Gasteiger partial charge in [-0.15, -0.1) is 0 Å². The molecule has 1 atom stereocenters. The predicted octanol–water partition coefficient (Wildman–Crippen LogP) is 5.21. The molecule has 0 radical (unpaired) electrons. The van der Waals surface area contributed by atoms with E-state index in [4.69, 9.17) is 0 Å². The summed E-state index contributed by atoms with van der Waals surface area (Å²) in [6, 6.07) is 11.8. The first-order chi connectivity index (χ1) is 10.3. The van der Waals surface area contributed by atoms with Gasteiger partial charge in [-0.2, -0.15) is 0 Å². The Labute approximate surface area is 126 Å². The van der Waals surface area contributed by atoms with Crippen LogP contribution in [0.5, 0.6) is 0 Å². The topological polar surface area (TPSA) is 12.0 Å². The van der Waals surface area contributed by atoms with Gasteiger partial charge in [0.05, 0.1) is 0 Å². The molecule has 1 fully saturated rings. The molecule has 3 rings (SSSR count). The van der Waals surface area contributed by atoms with Gasteiger partial charge in [-0.05, 0) is 42.8 Å². The maximum absolute atomic E-state index is 14.0. The minimum atomic E-state index is -0.120. The lowest BCUT2D eigenvalue weighted by Gasteiger charge is -2.27. The lowest BCUT2D eigenvalue weighted by molar-refractivity contribution is 0.343. The second kappa shape index (κ2) is 6.57. The number of benzene rings is 2. The van der Waals surface area contributed by atoms with Crippen molar-refractivity contribution in [1.82, 2.24) is 5.32 Å². The summed E-state index contributed by atoms with van der Waals surface area (Å²) in [4.78, 5) is 0. The van der Waals surface area contributed by atoms with Crippen molar-refractivity contribution >= 4 is 10.8 Å². The van der Waals surface area contributed by atoms with Crippen LogP contribution in [0.1, 0.15) is 50.1 Å². The monoisotopic (exact) mass is 285 g/mol. The fraction of sp³-hybridized carbons (Fsp3) is 0.474. The Hall–Kier alpha value is -1.41. The zero-order chi connectivity index (χ0) is 14.7. The van der Waals surface area contributed by atoms with Crippen molar-refractivity contribution in [2.75, 3.05) is 7.05 Å². The standard InChI is InChI=1S/C19H24FN/c1-21-19(14-8-4-2-3-5-9-14)17-12-13-18(20)16-11-7-6-10-15(16)17/h6-7,10-14,19,21H,2-5,8-9H2,1H3. The van der Waals surface area contributed by atoms with E-state index in [0.29, 0.717) is 12.0 Å². The van der Waals surface area contributed by atoms with Crippen LogP contribution in [0, 0.1) is 11.7 Å². The molecule has 1 aliphatic rings. The van der Waals surface area contributed by atoms with E-state index in [1.165, 1.54) is 44.1 Å². The molecule has 0 bridgehead atoms. The number of hydrogen-bond acceptors (Lipinski definition) is 1. The third kappa shape index (κ3) is 2.96. The highest BCUT2D eigenvalue weighted by molar-refractivity contribution is 5.86. The van der Waals surface area contributed by atoms with E-state index in [0.717, 1.165) is 10.8 Å². The Morgan fingerprint density at radius 2 is 1.62 bits per heavy atom. The SMILES string of the molecule is CNC(c1ccc(F)c2ccccc12)C1CCCCCC1. The van der Waals surface area contributed by atoms with Crippen LogP contribution in [0.2, 0.25) is 0 Å². The Balaban J connectivity index is 2.02. The second-order valence-electron chi connectivity index (χ2n) is 6.20. The molecule has 1 aliphatic carbocycles. The molecule has 0 aliphatic heterocycles. The molecule has 0 aromatic heterocycles. The van der Waals surface area contributed by atoms with Crippen molar-refractivity contribution in [2.24, 2.45) is 5.92 Å². The van der Waals surface area contributed by atoms with Crippen LogP contribution in [-0.4, -0.2) is 7.05 Å². The lowest BCUT2D eigenvalue weighted by atomic mass is 9.85. The van der Waals surface area contributed by atoms with Crippen LogP contribution < -0.4 is 5.32 Å². The summed E-state index contributed by atoms with van der Waals surface area (Å²) in [6.07, 6.45) is 7.91. The maximum atomic E-state index is 14.0. The van der Waals surface area contributed by atoms with E-state index in [2.05, 4.69) is 11.4 Å². The van der Waals surface area contributed by atoms with Gasteiger partial charge in [0.2, 0.25) is 0 Å². The van der Waals surface area contributed by atoms with Crippen LogP contribution in [0.4, 0.5) is 4.39 Å². The van der Waals surface area contributed by atoms with Crippen LogP contribution in [0.25, 0.3) is 10.8 Å². The summed E-state index contributed by atoms with van der Waals surface area (Å²) in [7, 11) is 2.04. The number of halogens is 1. The van der Waals surface area contributed by atoms with Crippen LogP contribution in [0.3, 0.4) is 0 Å². The van der Waals surface area contributed by atoms with Gasteiger partial charge in [0.1, 0.15) is 5.82 Å². The van der Waals surface area contributed by atoms with Gasteiger partial charge in [0.15, 0.2) is 0 Å². The molecule has 1 unspecified atom stereocenters. The van der Waals surface area contributed by atoms with Crippen molar-refractivity contribution in [3.63, 3.8) is 0 Å². The molecule has 0 saturated heterocycles. The fourth-order valence-corrected chi connectivity index (χ4v) is 3.85. The third-order valence-corrected chi connectivity index (χ3v) is 4.92. The van der Waals surface area contributed by atoms with Crippen molar-refractivity contribution in [3.05, 3.63) is 47.8 Å². The normalized spacial score (nSPS) is 18.6. The lowest BCUT2D eigenvalue weighted by Crippen LogP contribution is -2.25. The fourth-order valence-electron chi connectivity index (χ4n) is 3.85. The molecule has 2 aromatic carbocycles. The minimum absolute atomic E-state index is 0.120. The average Bonchev–Trinajstić information content (AvgIpc) is 2.80. The highest BCUT2D eigenvalue weighted by Crippen LogP contribution is 2.36. The summed E-state index contributed by atoms with van der Waals surface area (Å²) in [6.45, 7) is 0.